The van der Waals surface area contributed by atoms with E-state index in [1.54, 1.807) is 22.7 Å². The highest BCUT2D eigenvalue weighted by Crippen LogP contribution is 2.36. The smallest absolute Gasteiger partial charge is 0.223 e. The Hall–Kier alpha value is -2.41. The second-order valence-electron chi connectivity index (χ2n) is 7.59. The molecule has 0 spiro atoms. The van der Waals surface area contributed by atoms with Crippen molar-refractivity contribution in [3.63, 3.8) is 0 Å². The van der Waals surface area contributed by atoms with Gasteiger partial charge in [0.25, 0.3) is 0 Å². The minimum atomic E-state index is 0. The summed E-state index contributed by atoms with van der Waals surface area (Å²) in [7, 11) is 0. The van der Waals surface area contributed by atoms with Gasteiger partial charge in [-0.1, -0.05) is 36.4 Å². The molecule has 4 heterocycles. The lowest BCUT2D eigenvalue weighted by Crippen LogP contribution is -2.40. The van der Waals surface area contributed by atoms with E-state index < -0.39 is 0 Å². The Kier molecular flexibility index (Phi) is 6.90. The molecule has 5 rings (SSSR count). The van der Waals surface area contributed by atoms with E-state index in [-0.39, 0.29) is 24.2 Å². The number of aromatic nitrogens is 1. The Morgan fingerprint density at radius 1 is 1.03 bits per heavy atom. The van der Waals surface area contributed by atoms with Crippen LogP contribution in [0.1, 0.15) is 17.7 Å². The van der Waals surface area contributed by atoms with Gasteiger partial charge in [-0.25, -0.2) is 4.98 Å². The van der Waals surface area contributed by atoms with E-state index in [1.807, 2.05) is 17.5 Å². The molecule has 0 unspecified atom stereocenters. The molecule has 0 aliphatic carbocycles. The first-order valence-electron chi connectivity index (χ1n) is 10.3. The highest BCUT2D eigenvalue weighted by atomic mass is 35.5. The van der Waals surface area contributed by atoms with E-state index in [0.29, 0.717) is 6.54 Å². The summed E-state index contributed by atoms with van der Waals surface area (Å²) in [5.41, 5.74) is 4.43. The highest BCUT2D eigenvalue weighted by molar-refractivity contribution is 7.17. The maximum atomic E-state index is 12.6. The lowest BCUT2D eigenvalue weighted by atomic mass is 9.95. The summed E-state index contributed by atoms with van der Waals surface area (Å²) in [5, 5.41) is 7.27. The molecule has 0 atom stereocenters. The zero-order valence-electron chi connectivity index (χ0n) is 17.0. The molecule has 0 radical (unpaired) electrons. The molecular weight excluding hydrogens is 446 g/mol. The van der Waals surface area contributed by atoms with Gasteiger partial charge in [-0.2, -0.15) is 0 Å². The highest BCUT2D eigenvalue weighted by Gasteiger charge is 2.26. The van der Waals surface area contributed by atoms with Crippen LogP contribution in [0.5, 0.6) is 0 Å². The fourth-order valence-corrected chi connectivity index (χ4v) is 5.57. The molecule has 0 saturated carbocycles. The zero-order chi connectivity index (χ0) is 20.3. The number of fused-ring (bicyclic) bond motifs is 1. The maximum Gasteiger partial charge on any atom is 0.223 e. The van der Waals surface area contributed by atoms with Crippen molar-refractivity contribution >= 4 is 56.9 Å². The summed E-state index contributed by atoms with van der Waals surface area (Å²) in [6.45, 7) is 2.42. The Morgan fingerprint density at radius 2 is 1.84 bits per heavy atom. The van der Waals surface area contributed by atoms with Crippen LogP contribution in [0.3, 0.4) is 0 Å². The molecule has 1 N–H and O–H groups in total. The molecule has 1 aromatic carbocycles. The van der Waals surface area contributed by atoms with Gasteiger partial charge in [0.05, 0.1) is 28.1 Å². The number of carbonyl (C=O) groups excluding carboxylic acids is 1. The third-order valence-electron chi connectivity index (χ3n) is 5.68. The predicted molar refractivity (Wildman–Crippen MR) is 133 cm³/mol. The van der Waals surface area contributed by atoms with Gasteiger partial charge >= 0.3 is 0 Å². The number of carbonyl (C=O) groups is 1. The summed E-state index contributed by atoms with van der Waals surface area (Å²) in [4.78, 5) is 21.1. The number of piperidine rings is 1. The zero-order valence-corrected chi connectivity index (χ0v) is 19.4. The number of hydrogen-bond donors (Lipinski definition) is 1. The lowest BCUT2D eigenvalue weighted by molar-refractivity contribution is -0.125. The topological polar surface area (TPSA) is 45.2 Å². The monoisotopic (exact) mass is 469 g/mol. The number of nitrogens with one attached hydrogen (secondary N) is 1. The van der Waals surface area contributed by atoms with Crippen LogP contribution in [-0.2, 0) is 11.3 Å². The number of halogens is 1. The second kappa shape index (κ2) is 9.81. The quantitative estimate of drug-likeness (QED) is 0.391. The summed E-state index contributed by atoms with van der Waals surface area (Å²) in [5.74, 6) is 0.277. The average Bonchev–Trinajstić information content (AvgIpc) is 3.49. The summed E-state index contributed by atoms with van der Waals surface area (Å²) < 4.78 is 1.23. The van der Waals surface area contributed by atoms with Crippen LogP contribution in [0.25, 0.3) is 21.5 Å². The number of thiophene rings is 2. The number of nitrogens with zero attached hydrogens (tertiary/aromatic N) is 2. The Labute approximate surface area is 196 Å². The van der Waals surface area contributed by atoms with Crippen molar-refractivity contribution in [3.05, 3.63) is 70.2 Å². The maximum absolute atomic E-state index is 12.6. The van der Waals surface area contributed by atoms with Crippen molar-refractivity contribution in [2.24, 2.45) is 5.92 Å². The van der Waals surface area contributed by atoms with Crippen molar-refractivity contribution in [2.75, 3.05) is 18.0 Å². The number of pyridine rings is 1. The summed E-state index contributed by atoms with van der Waals surface area (Å²) in [6.07, 6.45) is 1.76. The molecular formula is C24H24ClN3OS2. The van der Waals surface area contributed by atoms with Gasteiger partial charge in [0, 0.05) is 29.4 Å². The summed E-state index contributed by atoms with van der Waals surface area (Å²) in [6, 6.07) is 18.7. The van der Waals surface area contributed by atoms with Crippen molar-refractivity contribution in [1.82, 2.24) is 10.3 Å². The fourth-order valence-electron chi connectivity index (χ4n) is 4.05. The van der Waals surface area contributed by atoms with Gasteiger partial charge in [0.2, 0.25) is 5.91 Å². The first-order valence-corrected chi connectivity index (χ1v) is 12.0. The van der Waals surface area contributed by atoms with E-state index >= 15 is 0 Å². The van der Waals surface area contributed by atoms with E-state index in [4.69, 9.17) is 4.98 Å². The Morgan fingerprint density at radius 3 is 2.58 bits per heavy atom. The molecule has 3 aromatic heterocycles. The van der Waals surface area contributed by atoms with Crippen LogP contribution in [-0.4, -0.2) is 24.0 Å². The minimum Gasteiger partial charge on any atom is -0.370 e. The van der Waals surface area contributed by atoms with Crippen molar-refractivity contribution in [2.45, 2.75) is 19.4 Å². The van der Waals surface area contributed by atoms with Gasteiger partial charge in [-0.3, -0.25) is 4.79 Å². The number of anilines is 1. The number of amides is 1. The van der Waals surface area contributed by atoms with Crippen LogP contribution >= 0.6 is 35.1 Å². The first-order chi connectivity index (χ1) is 14.8. The molecule has 7 heteroatoms. The van der Waals surface area contributed by atoms with Crippen LogP contribution in [0.2, 0.25) is 0 Å². The molecule has 4 aromatic rings. The van der Waals surface area contributed by atoms with Gasteiger partial charge < -0.3 is 10.2 Å². The molecule has 1 aliphatic rings. The van der Waals surface area contributed by atoms with Gasteiger partial charge in [0.15, 0.2) is 0 Å². The Bertz CT molecular complexity index is 1140. The SMILES string of the molecule is Cl.O=C(NCc1cccs1)C1CCN(c2cc(-c3ccccc3)nc3ccsc23)CC1. The first kappa shape index (κ1) is 21.8. The molecule has 1 amide bonds. The van der Waals surface area contributed by atoms with Gasteiger partial charge in [-0.05, 0) is 41.8 Å². The molecule has 31 heavy (non-hydrogen) atoms. The molecule has 4 nitrogen and oxygen atoms in total. The lowest BCUT2D eigenvalue weighted by Gasteiger charge is -2.33. The molecule has 1 aliphatic heterocycles. The third-order valence-corrected chi connectivity index (χ3v) is 7.49. The number of rotatable bonds is 5. The standard InChI is InChI=1S/C24H23N3OS2.ClH/c28-24(25-16-19-7-4-13-29-19)18-8-11-27(12-9-18)22-15-21(17-5-2-1-3-6-17)26-20-10-14-30-23(20)22;/h1-7,10,13-15,18H,8-9,11-12,16H2,(H,25,28);1H. The van der Waals surface area contributed by atoms with E-state index in [0.717, 1.165) is 42.7 Å². The van der Waals surface area contributed by atoms with Crippen LogP contribution < -0.4 is 10.2 Å². The van der Waals surface area contributed by atoms with Gasteiger partial charge in [0.1, 0.15) is 0 Å². The molecule has 0 bridgehead atoms. The van der Waals surface area contributed by atoms with Crippen molar-refractivity contribution in [3.8, 4) is 11.3 Å². The van der Waals surface area contributed by atoms with E-state index in [9.17, 15) is 4.79 Å². The van der Waals surface area contributed by atoms with Crippen molar-refractivity contribution in [1.29, 1.82) is 0 Å². The van der Waals surface area contributed by atoms with E-state index in [1.165, 1.54) is 15.3 Å². The van der Waals surface area contributed by atoms with Gasteiger partial charge in [-0.15, -0.1) is 35.1 Å². The fraction of sp³-hybridized carbons (Fsp3) is 0.250. The second-order valence-corrected chi connectivity index (χ2v) is 9.53. The largest absolute Gasteiger partial charge is 0.370 e. The Balaban J connectivity index is 0.00000231. The van der Waals surface area contributed by atoms with Crippen LogP contribution in [0, 0.1) is 5.92 Å². The third kappa shape index (κ3) is 4.76. The number of benzene rings is 1. The van der Waals surface area contributed by atoms with Crippen molar-refractivity contribution < 1.29 is 4.79 Å². The van der Waals surface area contributed by atoms with E-state index in [2.05, 4.69) is 58.1 Å². The molecule has 160 valence electrons. The predicted octanol–water partition coefficient (Wildman–Crippen LogP) is 5.98. The van der Waals surface area contributed by atoms with Crippen LogP contribution in [0.15, 0.2) is 65.4 Å². The normalized spacial score (nSPS) is 14.4. The minimum absolute atomic E-state index is 0. The van der Waals surface area contributed by atoms with Crippen LogP contribution in [0.4, 0.5) is 5.69 Å². The summed E-state index contributed by atoms with van der Waals surface area (Å²) >= 11 is 3.43. The number of hydrogen-bond acceptors (Lipinski definition) is 5. The average molecular weight is 470 g/mol. The molecule has 1 saturated heterocycles. The molecule has 1 fully saturated rings.